The van der Waals surface area contributed by atoms with Crippen molar-refractivity contribution < 1.29 is 9.72 Å². The number of nitro benzene ring substituents is 1. The molecule has 1 heterocycles. The molecular formula is C13H18ClN3O3S. The molecule has 1 fully saturated rings. The van der Waals surface area contributed by atoms with E-state index in [0.717, 1.165) is 24.4 Å². The van der Waals surface area contributed by atoms with Crippen molar-refractivity contribution in [2.24, 2.45) is 0 Å². The topological polar surface area (TPSA) is 75.5 Å². The third kappa shape index (κ3) is 3.87. The van der Waals surface area contributed by atoms with Gasteiger partial charge in [0.05, 0.1) is 4.92 Å². The lowest BCUT2D eigenvalue weighted by Gasteiger charge is -2.23. The molecule has 0 radical (unpaired) electrons. The third-order valence-corrected chi connectivity index (χ3v) is 4.26. The van der Waals surface area contributed by atoms with Crippen molar-refractivity contribution in [2.75, 3.05) is 26.4 Å². The van der Waals surface area contributed by atoms with Crippen molar-refractivity contribution in [3.63, 3.8) is 0 Å². The Balaban J connectivity index is 0.00000220. The zero-order chi connectivity index (χ0) is 14.7. The Morgan fingerprint density at radius 3 is 2.76 bits per heavy atom. The lowest BCUT2D eigenvalue weighted by Crippen LogP contribution is -2.38. The van der Waals surface area contributed by atoms with Crippen molar-refractivity contribution in [3.05, 3.63) is 33.9 Å². The molecule has 21 heavy (non-hydrogen) atoms. The molecule has 2 rings (SSSR count). The molecule has 1 unspecified atom stereocenters. The molecule has 1 aliphatic rings. The van der Waals surface area contributed by atoms with Crippen LogP contribution in [0, 0.1) is 10.1 Å². The molecule has 116 valence electrons. The molecule has 8 heteroatoms. The van der Waals surface area contributed by atoms with Gasteiger partial charge in [0, 0.05) is 30.6 Å². The Bertz CT molecular complexity index is 535. The zero-order valence-electron chi connectivity index (χ0n) is 11.9. The van der Waals surface area contributed by atoms with Gasteiger partial charge in [0.25, 0.3) is 11.6 Å². The van der Waals surface area contributed by atoms with Gasteiger partial charge in [-0.25, -0.2) is 0 Å². The summed E-state index contributed by atoms with van der Waals surface area (Å²) in [4.78, 5) is 25.5. The first kappa shape index (κ1) is 17.7. The van der Waals surface area contributed by atoms with E-state index < -0.39 is 4.92 Å². The van der Waals surface area contributed by atoms with Crippen LogP contribution in [0.3, 0.4) is 0 Å². The Hall–Kier alpha value is -1.31. The highest BCUT2D eigenvalue weighted by molar-refractivity contribution is 7.98. The van der Waals surface area contributed by atoms with E-state index in [1.165, 1.54) is 17.8 Å². The van der Waals surface area contributed by atoms with Gasteiger partial charge >= 0.3 is 0 Å². The number of benzene rings is 1. The molecule has 0 spiro atoms. The van der Waals surface area contributed by atoms with Crippen LogP contribution in [0.5, 0.6) is 0 Å². The predicted octanol–water partition coefficient (Wildman–Crippen LogP) is 2.17. The van der Waals surface area contributed by atoms with E-state index in [-0.39, 0.29) is 35.6 Å². The van der Waals surface area contributed by atoms with Gasteiger partial charge in [-0.3, -0.25) is 14.9 Å². The minimum atomic E-state index is -0.502. The first-order valence-electron chi connectivity index (χ1n) is 6.35. The number of rotatable bonds is 4. The molecule has 1 atom stereocenters. The van der Waals surface area contributed by atoms with E-state index in [1.54, 1.807) is 24.1 Å². The van der Waals surface area contributed by atoms with Gasteiger partial charge in [-0.15, -0.1) is 24.2 Å². The van der Waals surface area contributed by atoms with Crippen LogP contribution in [-0.4, -0.2) is 48.2 Å². The van der Waals surface area contributed by atoms with Crippen molar-refractivity contribution in [1.29, 1.82) is 0 Å². The van der Waals surface area contributed by atoms with Gasteiger partial charge in [-0.05, 0) is 31.4 Å². The van der Waals surface area contributed by atoms with E-state index in [4.69, 9.17) is 0 Å². The second-order valence-electron chi connectivity index (χ2n) is 4.70. The second kappa shape index (κ2) is 7.63. The SMILES string of the molecule is CSc1ccc([N+](=O)[O-])c(C(=O)N(C)C2CCNC2)c1.Cl. The number of hydrogen-bond acceptors (Lipinski definition) is 5. The summed E-state index contributed by atoms with van der Waals surface area (Å²) in [5.74, 6) is -0.290. The summed E-state index contributed by atoms with van der Waals surface area (Å²) >= 11 is 1.46. The van der Waals surface area contributed by atoms with E-state index in [0.29, 0.717) is 0 Å². The summed E-state index contributed by atoms with van der Waals surface area (Å²) in [5.41, 5.74) is 0.0295. The standard InChI is InChI=1S/C13H17N3O3S.ClH/c1-15(9-5-6-14-8-9)13(17)11-7-10(20-2)3-4-12(11)16(18)19;/h3-4,7,9,14H,5-6,8H2,1-2H3;1H. The number of halogens is 1. The monoisotopic (exact) mass is 331 g/mol. The number of nitrogens with zero attached hydrogens (tertiary/aromatic N) is 2. The molecule has 1 N–H and O–H groups in total. The molecule has 0 aromatic heterocycles. The fourth-order valence-corrected chi connectivity index (χ4v) is 2.74. The number of hydrogen-bond donors (Lipinski definition) is 1. The summed E-state index contributed by atoms with van der Waals surface area (Å²) in [6, 6.07) is 4.76. The average Bonchev–Trinajstić information content (AvgIpc) is 2.99. The third-order valence-electron chi connectivity index (χ3n) is 3.53. The first-order valence-corrected chi connectivity index (χ1v) is 7.57. The molecule has 0 saturated carbocycles. The smallest absolute Gasteiger partial charge is 0.282 e. The Morgan fingerprint density at radius 1 is 1.52 bits per heavy atom. The lowest BCUT2D eigenvalue weighted by molar-refractivity contribution is -0.385. The molecule has 0 aliphatic carbocycles. The average molecular weight is 332 g/mol. The summed E-state index contributed by atoms with van der Waals surface area (Å²) in [6.45, 7) is 1.60. The van der Waals surface area contributed by atoms with Crippen LogP contribution >= 0.6 is 24.2 Å². The highest BCUT2D eigenvalue weighted by Crippen LogP contribution is 2.26. The molecule has 1 amide bonds. The lowest BCUT2D eigenvalue weighted by atomic mass is 10.1. The highest BCUT2D eigenvalue weighted by Gasteiger charge is 2.28. The minimum Gasteiger partial charge on any atom is -0.337 e. The highest BCUT2D eigenvalue weighted by atomic mass is 35.5. The maximum atomic E-state index is 12.5. The number of thioether (sulfide) groups is 1. The normalized spacial score (nSPS) is 17.1. The van der Waals surface area contributed by atoms with Gasteiger partial charge in [0.1, 0.15) is 5.56 Å². The van der Waals surface area contributed by atoms with Crippen LogP contribution in [-0.2, 0) is 0 Å². The summed E-state index contributed by atoms with van der Waals surface area (Å²) in [5, 5.41) is 14.3. The van der Waals surface area contributed by atoms with Gasteiger partial charge < -0.3 is 10.2 Å². The minimum absolute atomic E-state index is 0. The van der Waals surface area contributed by atoms with Crippen LogP contribution in [0.1, 0.15) is 16.8 Å². The van der Waals surface area contributed by atoms with Crippen LogP contribution in [0.2, 0.25) is 0 Å². The molecule has 1 saturated heterocycles. The number of carbonyl (C=O) groups is 1. The molecule has 1 aromatic carbocycles. The largest absolute Gasteiger partial charge is 0.337 e. The quantitative estimate of drug-likeness (QED) is 0.520. The summed E-state index contributed by atoms with van der Waals surface area (Å²) < 4.78 is 0. The van der Waals surface area contributed by atoms with E-state index in [1.807, 2.05) is 6.26 Å². The molecule has 0 bridgehead atoms. The van der Waals surface area contributed by atoms with E-state index in [2.05, 4.69) is 5.32 Å². The maximum Gasteiger partial charge on any atom is 0.282 e. The predicted molar refractivity (Wildman–Crippen MR) is 85.5 cm³/mol. The molecular weight excluding hydrogens is 314 g/mol. The Kier molecular flexibility index (Phi) is 6.44. The zero-order valence-corrected chi connectivity index (χ0v) is 13.5. The van der Waals surface area contributed by atoms with Gasteiger partial charge in [0.2, 0.25) is 0 Å². The van der Waals surface area contributed by atoms with Crippen LogP contribution in [0.4, 0.5) is 5.69 Å². The molecule has 1 aromatic rings. The van der Waals surface area contributed by atoms with Crippen LogP contribution in [0.25, 0.3) is 0 Å². The fourth-order valence-electron chi connectivity index (χ4n) is 2.30. The summed E-state index contributed by atoms with van der Waals surface area (Å²) in [7, 11) is 1.70. The number of amides is 1. The van der Waals surface area contributed by atoms with E-state index >= 15 is 0 Å². The maximum absolute atomic E-state index is 12.5. The van der Waals surface area contributed by atoms with E-state index in [9.17, 15) is 14.9 Å². The summed E-state index contributed by atoms with van der Waals surface area (Å²) in [6.07, 6.45) is 2.75. The van der Waals surface area contributed by atoms with Crippen molar-refractivity contribution in [2.45, 2.75) is 17.4 Å². The fraction of sp³-hybridized carbons (Fsp3) is 0.462. The van der Waals surface area contributed by atoms with Crippen molar-refractivity contribution in [1.82, 2.24) is 10.2 Å². The van der Waals surface area contributed by atoms with Crippen molar-refractivity contribution in [3.8, 4) is 0 Å². The Labute approximate surface area is 133 Å². The molecule has 1 aliphatic heterocycles. The number of likely N-dealkylation sites (N-methyl/N-ethyl adjacent to an activating group) is 1. The molecule has 6 nitrogen and oxygen atoms in total. The number of nitro groups is 1. The number of carbonyl (C=O) groups excluding carboxylic acids is 1. The first-order chi connectivity index (χ1) is 9.54. The van der Waals surface area contributed by atoms with Crippen LogP contribution < -0.4 is 5.32 Å². The Morgan fingerprint density at radius 2 is 2.24 bits per heavy atom. The van der Waals surface area contributed by atoms with Gasteiger partial charge in [-0.1, -0.05) is 0 Å². The second-order valence-corrected chi connectivity index (χ2v) is 5.58. The van der Waals surface area contributed by atoms with Gasteiger partial charge in [-0.2, -0.15) is 0 Å². The van der Waals surface area contributed by atoms with Crippen LogP contribution in [0.15, 0.2) is 23.1 Å². The van der Waals surface area contributed by atoms with Gasteiger partial charge in [0.15, 0.2) is 0 Å². The number of nitrogens with one attached hydrogen (secondary N) is 1. The van der Waals surface area contributed by atoms with Crippen molar-refractivity contribution >= 4 is 35.8 Å².